The highest BCUT2D eigenvalue weighted by molar-refractivity contribution is 8.25. The number of hydrogen-bond donors (Lipinski definition) is 3. The lowest BCUT2D eigenvalue weighted by Crippen LogP contribution is -2.24. The van der Waals surface area contributed by atoms with Gasteiger partial charge in [0.25, 0.3) is 0 Å². The van der Waals surface area contributed by atoms with Crippen molar-refractivity contribution in [1.82, 2.24) is 5.32 Å². The number of nitrogens with zero attached hydrogens (tertiary/aromatic N) is 1. The summed E-state index contributed by atoms with van der Waals surface area (Å²) in [6, 6.07) is 11.5. The van der Waals surface area contributed by atoms with Crippen LogP contribution in [-0.4, -0.2) is 35.3 Å². The molecule has 8 heteroatoms. The Morgan fingerprint density at radius 1 is 1.13 bits per heavy atom. The molecule has 1 heterocycles. The number of anilines is 1. The van der Waals surface area contributed by atoms with E-state index in [1.54, 1.807) is 20.0 Å². The molecule has 0 aliphatic carbocycles. The van der Waals surface area contributed by atoms with Gasteiger partial charge in [0.2, 0.25) is 0 Å². The van der Waals surface area contributed by atoms with Crippen molar-refractivity contribution in [2.45, 2.75) is 50.0 Å². The SMILES string of the molecule is CCOC(=O)CCCCCCNC1c2ccccc2N(C)S(O)(O)c2cc(F)ccc21. The Labute approximate surface area is 184 Å². The molecule has 0 saturated carbocycles. The van der Waals surface area contributed by atoms with E-state index in [2.05, 4.69) is 5.32 Å². The zero-order chi connectivity index (χ0) is 22.4. The molecule has 0 aromatic heterocycles. The van der Waals surface area contributed by atoms with Crippen LogP contribution in [-0.2, 0) is 9.53 Å². The number of ether oxygens (including phenoxy) is 1. The fourth-order valence-electron chi connectivity index (χ4n) is 3.90. The number of unbranched alkanes of at least 4 members (excludes halogenated alkanes) is 3. The second kappa shape index (κ2) is 10.5. The van der Waals surface area contributed by atoms with Gasteiger partial charge in [0.05, 0.1) is 23.2 Å². The Hall–Kier alpha value is -2.13. The Morgan fingerprint density at radius 2 is 1.87 bits per heavy atom. The molecule has 0 spiro atoms. The molecule has 170 valence electrons. The van der Waals surface area contributed by atoms with Gasteiger partial charge in [-0.2, -0.15) is 0 Å². The molecule has 0 saturated heterocycles. The Morgan fingerprint density at radius 3 is 2.65 bits per heavy atom. The van der Waals surface area contributed by atoms with Gasteiger partial charge in [0.1, 0.15) is 5.82 Å². The molecule has 3 rings (SSSR count). The second-order valence-electron chi connectivity index (χ2n) is 7.61. The number of benzene rings is 2. The summed E-state index contributed by atoms with van der Waals surface area (Å²) in [7, 11) is -1.75. The first-order valence-electron chi connectivity index (χ1n) is 10.7. The predicted molar refractivity (Wildman–Crippen MR) is 122 cm³/mol. The van der Waals surface area contributed by atoms with Gasteiger partial charge in [-0.1, -0.05) is 47.9 Å². The van der Waals surface area contributed by atoms with Crippen LogP contribution >= 0.6 is 10.8 Å². The van der Waals surface area contributed by atoms with Crippen LogP contribution in [0.1, 0.15) is 56.2 Å². The van der Waals surface area contributed by atoms with Crippen molar-refractivity contribution in [3.8, 4) is 0 Å². The molecule has 1 atom stereocenters. The van der Waals surface area contributed by atoms with Crippen molar-refractivity contribution in [1.29, 1.82) is 0 Å². The average Bonchev–Trinajstić information content (AvgIpc) is 2.81. The minimum Gasteiger partial charge on any atom is -0.466 e. The molecule has 31 heavy (non-hydrogen) atoms. The van der Waals surface area contributed by atoms with E-state index in [-0.39, 0.29) is 16.9 Å². The van der Waals surface area contributed by atoms with Crippen molar-refractivity contribution >= 4 is 22.4 Å². The number of rotatable bonds is 9. The summed E-state index contributed by atoms with van der Waals surface area (Å²) < 4.78 is 42.3. The lowest BCUT2D eigenvalue weighted by molar-refractivity contribution is -0.143. The third-order valence-electron chi connectivity index (χ3n) is 5.51. The normalized spacial score (nSPS) is 18.0. The molecule has 0 bridgehead atoms. The third kappa shape index (κ3) is 5.38. The van der Waals surface area contributed by atoms with Gasteiger partial charge in [0.15, 0.2) is 0 Å². The molecule has 0 fully saturated rings. The van der Waals surface area contributed by atoms with Crippen LogP contribution in [0.3, 0.4) is 0 Å². The number of halogens is 1. The van der Waals surface area contributed by atoms with Gasteiger partial charge in [-0.25, -0.2) is 4.39 Å². The van der Waals surface area contributed by atoms with Crippen LogP contribution in [0.4, 0.5) is 10.1 Å². The summed E-state index contributed by atoms with van der Waals surface area (Å²) >= 11 is 0. The van der Waals surface area contributed by atoms with Gasteiger partial charge in [0, 0.05) is 13.5 Å². The van der Waals surface area contributed by atoms with Crippen LogP contribution in [0.15, 0.2) is 47.4 Å². The lowest BCUT2D eigenvalue weighted by atomic mass is 9.96. The predicted octanol–water partition coefficient (Wildman–Crippen LogP) is 5.49. The fourth-order valence-corrected chi connectivity index (χ4v) is 5.41. The van der Waals surface area contributed by atoms with E-state index >= 15 is 0 Å². The van der Waals surface area contributed by atoms with Gasteiger partial charge < -0.3 is 10.1 Å². The first kappa shape index (κ1) is 23.5. The summed E-state index contributed by atoms with van der Waals surface area (Å²) in [6.07, 6.45) is 4.06. The Bertz CT molecular complexity index is 909. The van der Waals surface area contributed by atoms with Crippen molar-refractivity contribution in [2.75, 3.05) is 24.5 Å². The topological polar surface area (TPSA) is 82.0 Å². The molecule has 1 aliphatic heterocycles. The molecule has 0 amide bonds. The van der Waals surface area contributed by atoms with E-state index < -0.39 is 16.6 Å². The Balaban J connectivity index is 1.71. The first-order chi connectivity index (χ1) is 14.9. The van der Waals surface area contributed by atoms with E-state index in [0.717, 1.165) is 31.2 Å². The van der Waals surface area contributed by atoms with Crippen LogP contribution in [0.2, 0.25) is 0 Å². The summed E-state index contributed by atoms with van der Waals surface area (Å²) in [5.74, 6) is -0.652. The van der Waals surface area contributed by atoms with Crippen molar-refractivity contribution in [3.05, 3.63) is 59.4 Å². The highest BCUT2D eigenvalue weighted by Crippen LogP contribution is 2.58. The van der Waals surface area contributed by atoms with Crippen molar-refractivity contribution < 1.29 is 23.0 Å². The van der Waals surface area contributed by atoms with E-state index in [0.29, 0.717) is 30.8 Å². The molecule has 2 aromatic rings. The maximum absolute atomic E-state index is 14.0. The Kier molecular flexibility index (Phi) is 7.94. The summed E-state index contributed by atoms with van der Waals surface area (Å²) in [5.41, 5.74) is 2.28. The van der Waals surface area contributed by atoms with E-state index in [1.807, 2.05) is 24.3 Å². The third-order valence-corrected chi connectivity index (χ3v) is 7.42. The minimum absolute atomic E-state index is 0.150. The number of carbonyl (C=O) groups excluding carboxylic acids is 1. The molecule has 6 nitrogen and oxygen atoms in total. The van der Waals surface area contributed by atoms with Gasteiger partial charge >= 0.3 is 5.97 Å². The maximum Gasteiger partial charge on any atom is 0.305 e. The van der Waals surface area contributed by atoms with Crippen LogP contribution in [0.25, 0.3) is 0 Å². The fraction of sp³-hybridized carbons (Fsp3) is 0.435. The van der Waals surface area contributed by atoms with Crippen LogP contribution in [0, 0.1) is 5.82 Å². The monoisotopic (exact) mass is 450 g/mol. The van der Waals surface area contributed by atoms with Gasteiger partial charge in [-0.3, -0.25) is 18.2 Å². The summed E-state index contributed by atoms with van der Waals surface area (Å²) in [5, 5.41) is 3.52. The van der Waals surface area contributed by atoms with Gasteiger partial charge in [-0.05, 0) is 55.6 Å². The molecule has 2 aromatic carbocycles. The standard InChI is InChI=1S/C23H31FN2O4S/c1-3-30-22(27)12-6-4-5-9-15-25-23-18-10-7-8-11-20(18)26(2)31(28,29)21-16-17(24)13-14-19(21)23/h7-8,10-11,13-14,16,23,25,28-29H,3-6,9,12,15H2,1-2H3. The number of carbonyl (C=O) groups is 1. The smallest absolute Gasteiger partial charge is 0.305 e. The number of nitrogens with one attached hydrogen (secondary N) is 1. The maximum atomic E-state index is 14.0. The zero-order valence-corrected chi connectivity index (χ0v) is 18.8. The second-order valence-corrected chi connectivity index (χ2v) is 9.64. The number of fused-ring (bicyclic) bond motifs is 2. The summed E-state index contributed by atoms with van der Waals surface area (Å²) in [6.45, 7) is 2.92. The molecule has 3 N–H and O–H groups in total. The highest BCUT2D eigenvalue weighted by Gasteiger charge is 2.35. The molecular weight excluding hydrogens is 419 g/mol. The number of hydrogen-bond acceptors (Lipinski definition) is 6. The van der Waals surface area contributed by atoms with Crippen LogP contribution < -0.4 is 9.62 Å². The molecule has 0 radical (unpaired) electrons. The largest absolute Gasteiger partial charge is 0.466 e. The van der Waals surface area contributed by atoms with Gasteiger partial charge in [-0.15, -0.1) is 0 Å². The lowest BCUT2D eigenvalue weighted by Gasteiger charge is -2.41. The summed E-state index contributed by atoms with van der Waals surface area (Å²) in [4.78, 5) is 11.6. The van der Waals surface area contributed by atoms with Crippen molar-refractivity contribution in [2.24, 2.45) is 0 Å². The quantitative estimate of drug-likeness (QED) is 0.346. The molecule has 1 unspecified atom stereocenters. The number of esters is 1. The number of para-hydroxylation sites is 1. The van der Waals surface area contributed by atoms with E-state index in [9.17, 15) is 18.3 Å². The molecular formula is C23H31FN2O4S. The van der Waals surface area contributed by atoms with Crippen LogP contribution in [0.5, 0.6) is 0 Å². The average molecular weight is 451 g/mol. The first-order valence-corrected chi connectivity index (χ1v) is 12.2. The molecule has 1 aliphatic rings. The van der Waals surface area contributed by atoms with E-state index in [4.69, 9.17) is 4.74 Å². The minimum atomic E-state index is -3.37. The zero-order valence-electron chi connectivity index (χ0n) is 18.0. The van der Waals surface area contributed by atoms with Crippen molar-refractivity contribution in [3.63, 3.8) is 0 Å². The van der Waals surface area contributed by atoms with E-state index in [1.165, 1.54) is 16.4 Å². The highest BCUT2D eigenvalue weighted by atomic mass is 32.3.